The molecule has 1 aliphatic heterocycles. The third kappa shape index (κ3) is 3.46. The Balaban J connectivity index is 1.56. The molecule has 1 aromatic carbocycles. The molecule has 28 heavy (non-hydrogen) atoms. The van der Waals surface area contributed by atoms with Gasteiger partial charge in [-0.1, -0.05) is 17.7 Å². The van der Waals surface area contributed by atoms with E-state index in [1.807, 2.05) is 18.3 Å². The van der Waals surface area contributed by atoms with Crippen LogP contribution in [0.25, 0.3) is 22.2 Å². The van der Waals surface area contributed by atoms with Crippen LogP contribution in [-0.4, -0.2) is 67.7 Å². The van der Waals surface area contributed by atoms with E-state index in [0.717, 1.165) is 22.2 Å². The molecule has 1 saturated heterocycles. The number of pyridine rings is 1. The summed E-state index contributed by atoms with van der Waals surface area (Å²) in [6.45, 7) is -0.536. The molecular formula is C19H19ClN2O6. The van der Waals surface area contributed by atoms with Gasteiger partial charge in [-0.2, -0.15) is 0 Å². The lowest BCUT2D eigenvalue weighted by Gasteiger charge is -2.39. The molecule has 3 aromatic rings. The summed E-state index contributed by atoms with van der Waals surface area (Å²) < 4.78 is 10.9. The molecule has 5 atom stereocenters. The first-order valence-electron chi connectivity index (χ1n) is 8.68. The molecule has 8 nitrogen and oxygen atoms in total. The molecule has 9 heteroatoms. The summed E-state index contributed by atoms with van der Waals surface area (Å²) in [5.41, 5.74) is 2.48. The normalized spacial score (nSPS) is 27.8. The van der Waals surface area contributed by atoms with Crippen LogP contribution in [-0.2, 0) is 4.74 Å². The lowest BCUT2D eigenvalue weighted by molar-refractivity contribution is -0.277. The van der Waals surface area contributed by atoms with E-state index in [4.69, 9.17) is 21.1 Å². The number of nitrogens with one attached hydrogen (secondary N) is 1. The smallest absolute Gasteiger partial charge is 0.229 e. The summed E-state index contributed by atoms with van der Waals surface area (Å²) in [5.74, 6) is 0.227. The molecule has 4 rings (SSSR count). The highest BCUT2D eigenvalue weighted by atomic mass is 35.5. The average molecular weight is 407 g/mol. The number of halogens is 1. The zero-order chi connectivity index (χ0) is 19.8. The first kappa shape index (κ1) is 19.1. The van der Waals surface area contributed by atoms with Gasteiger partial charge in [-0.3, -0.25) is 0 Å². The van der Waals surface area contributed by atoms with Crippen molar-refractivity contribution < 1.29 is 29.9 Å². The summed E-state index contributed by atoms with van der Waals surface area (Å²) in [7, 11) is 0. The van der Waals surface area contributed by atoms with E-state index in [-0.39, 0.29) is 10.8 Å². The minimum absolute atomic E-state index is 0.227. The Kier molecular flexibility index (Phi) is 5.24. The maximum absolute atomic E-state index is 10.1. The largest absolute Gasteiger partial charge is 0.460 e. The molecule has 0 bridgehead atoms. The molecule has 148 valence electrons. The topological polar surface area (TPSA) is 128 Å². The van der Waals surface area contributed by atoms with Gasteiger partial charge in [0, 0.05) is 23.3 Å². The van der Waals surface area contributed by atoms with Crippen molar-refractivity contribution in [3.63, 3.8) is 0 Å². The van der Waals surface area contributed by atoms with Crippen LogP contribution in [0.3, 0.4) is 0 Å². The Morgan fingerprint density at radius 2 is 1.89 bits per heavy atom. The minimum atomic E-state index is -1.52. The number of fused-ring (bicyclic) bond motifs is 1. The molecule has 0 radical (unpaired) electrons. The van der Waals surface area contributed by atoms with Crippen LogP contribution < -0.4 is 4.74 Å². The summed E-state index contributed by atoms with van der Waals surface area (Å²) in [6, 6.07) is 8.98. The number of rotatable bonds is 4. The quantitative estimate of drug-likeness (QED) is 0.438. The zero-order valence-corrected chi connectivity index (χ0v) is 15.3. The molecule has 3 heterocycles. The summed E-state index contributed by atoms with van der Waals surface area (Å²) in [4.78, 5) is 7.38. The van der Waals surface area contributed by atoms with Crippen molar-refractivity contribution >= 4 is 22.6 Å². The molecular weight excluding hydrogens is 388 g/mol. The lowest BCUT2D eigenvalue weighted by atomic mass is 9.99. The molecule has 5 unspecified atom stereocenters. The van der Waals surface area contributed by atoms with Crippen molar-refractivity contribution in [1.29, 1.82) is 0 Å². The van der Waals surface area contributed by atoms with Crippen LogP contribution in [0.15, 0.2) is 42.7 Å². The van der Waals surface area contributed by atoms with E-state index in [1.54, 1.807) is 24.4 Å². The maximum atomic E-state index is 10.1. The van der Waals surface area contributed by atoms with Gasteiger partial charge in [-0.25, -0.2) is 4.98 Å². The molecule has 0 spiro atoms. The predicted molar refractivity (Wildman–Crippen MR) is 101 cm³/mol. The number of H-pyrrole nitrogens is 1. The summed E-state index contributed by atoms with van der Waals surface area (Å²) in [6.07, 6.45) is -3.29. The van der Waals surface area contributed by atoms with Crippen molar-refractivity contribution in [3.8, 4) is 16.9 Å². The number of nitrogens with zero attached hydrogens (tertiary/aromatic N) is 1. The van der Waals surface area contributed by atoms with Gasteiger partial charge in [0.25, 0.3) is 0 Å². The highest BCUT2D eigenvalue weighted by molar-refractivity contribution is 6.32. The standard InChI is InChI=1S/C19H19ClN2O6/c20-12-6-9(11-5-10-3-4-21-18(10)22-7-11)1-2-13(12)27-19-17(26)16(25)15(24)14(8-23)28-19/h1-7,14-17,19,23-26H,8H2,(H,21,22). The van der Waals surface area contributed by atoms with Gasteiger partial charge < -0.3 is 34.9 Å². The molecule has 2 aromatic heterocycles. The lowest BCUT2D eigenvalue weighted by Crippen LogP contribution is -2.60. The Bertz CT molecular complexity index is 978. The summed E-state index contributed by atoms with van der Waals surface area (Å²) in [5, 5.41) is 40.3. The van der Waals surface area contributed by atoms with E-state index < -0.39 is 37.3 Å². The molecule has 0 amide bonds. The zero-order valence-electron chi connectivity index (χ0n) is 14.6. The minimum Gasteiger partial charge on any atom is -0.460 e. The third-order valence-electron chi connectivity index (χ3n) is 4.76. The van der Waals surface area contributed by atoms with E-state index in [0.29, 0.717) is 0 Å². The van der Waals surface area contributed by atoms with Crippen molar-refractivity contribution in [2.24, 2.45) is 0 Å². The monoisotopic (exact) mass is 406 g/mol. The van der Waals surface area contributed by atoms with E-state index >= 15 is 0 Å². The second kappa shape index (κ2) is 7.67. The molecule has 1 aliphatic rings. The fraction of sp³-hybridized carbons (Fsp3) is 0.316. The number of aliphatic hydroxyl groups is 4. The van der Waals surface area contributed by atoms with Crippen molar-refractivity contribution in [1.82, 2.24) is 9.97 Å². The van der Waals surface area contributed by atoms with Gasteiger partial charge in [0.15, 0.2) is 0 Å². The highest BCUT2D eigenvalue weighted by Gasteiger charge is 2.44. The van der Waals surface area contributed by atoms with Gasteiger partial charge in [0.2, 0.25) is 6.29 Å². The fourth-order valence-corrected chi connectivity index (χ4v) is 3.39. The molecule has 5 N–H and O–H groups in total. The SMILES string of the molecule is OCC1OC(Oc2ccc(-c3cnc4[nH]ccc4c3)cc2Cl)C(O)C(O)C1O. The van der Waals surface area contributed by atoms with Crippen LogP contribution in [0.2, 0.25) is 5.02 Å². The fourth-order valence-electron chi connectivity index (χ4n) is 3.16. The number of aromatic amines is 1. The number of hydrogen-bond donors (Lipinski definition) is 5. The van der Waals surface area contributed by atoms with Crippen molar-refractivity contribution in [2.45, 2.75) is 30.7 Å². The van der Waals surface area contributed by atoms with Crippen molar-refractivity contribution in [2.75, 3.05) is 6.61 Å². The summed E-state index contributed by atoms with van der Waals surface area (Å²) >= 11 is 6.33. The second-order valence-electron chi connectivity index (χ2n) is 6.60. The van der Waals surface area contributed by atoms with Crippen molar-refractivity contribution in [3.05, 3.63) is 47.7 Å². The van der Waals surface area contributed by atoms with Crippen LogP contribution in [0.1, 0.15) is 0 Å². The first-order valence-corrected chi connectivity index (χ1v) is 9.06. The molecule has 1 fully saturated rings. The van der Waals surface area contributed by atoms with Crippen LogP contribution >= 0.6 is 11.6 Å². The van der Waals surface area contributed by atoms with E-state index in [9.17, 15) is 20.4 Å². The van der Waals surface area contributed by atoms with E-state index in [1.165, 1.54) is 0 Å². The molecule has 0 saturated carbocycles. The number of aromatic nitrogens is 2. The molecule has 0 aliphatic carbocycles. The maximum Gasteiger partial charge on any atom is 0.229 e. The Labute approximate surface area is 164 Å². The number of aliphatic hydroxyl groups excluding tert-OH is 4. The van der Waals surface area contributed by atoms with Gasteiger partial charge >= 0.3 is 0 Å². The van der Waals surface area contributed by atoms with E-state index in [2.05, 4.69) is 9.97 Å². The Morgan fingerprint density at radius 3 is 2.64 bits per heavy atom. The number of benzene rings is 1. The van der Waals surface area contributed by atoms with Crippen LogP contribution in [0, 0.1) is 0 Å². The van der Waals surface area contributed by atoms with Crippen LogP contribution in [0.4, 0.5) is 0 Å². The third-order valence-corrected chi connectivity index (χ3v) is 5.05. The second-order valence-corrected chi connectivity index (χ2v) is 7.01. The van der Waals surface area contributed by atoms with Gasteiger partial charge in [-0.15, -0.1) is 0 Å². The first-order chi connectivity index (χ1) is 13.5. The Morgan fingerprint density at radius 1 is 1.07 bits per heavy atom. The number of hydrogen-bond acceptors (Lipinski definition) is 7. The van der Waals surface area contributed by atoms with Gasteiger partial charge in [0.05, 0.1) is 11.6 Å². The van der Waals surface area contributed by atoms with Crippen LogP contribution in [0.5, 0.6) is 5.75 Å². The van der Waals surface area contributed by atoms with Gasteiger partial charge in [0.1, 0.15) is 35.8 Å². The Hall–Kier alpha value is -2.20. The average Bonchev–Trinajstić information content (AvgIpc) is 3.17. The number of ether oxygens (including phenoxy) is 2. The van der Waals surface area contributed by atoms with Gasteiger partial charge in [-0.05, 0) is 29.8 Å². The predicted octanol–water partition coefficient (Wildman–Crippen LogP) is 1.06. The highest BCUT2D eigenvalue weighted by Crippen LogP contribution is 2.33.